The maximum absolute atomic E-state index is 13.4. The fourth-order valence-corrected chi connectivity index (χ4v) is 4.31. The minimum Gasteiger partial charge on any atom is -0.339 e. The largest absolute Gasteiger partial charge is 0.416 e. The highest BCUT2D eigenvalue weighted by Crippen LogP contribution is 2.36. The van der Waals surface area contributed by atoms with Crippen LogP contribution in [0.3, 0.4) is 0 Å². The van der Waals surface area contributed by atoms with Crippen LogP contribution in [0.5, 0.6) is 0 Å². The number of carbonyl (C=O) groups excluding carboxylic acids is 2. The number of carbonyl (C=O) groups is 2. The van der Waals surface area contributed by atoms with Gasteiger partial charge in [-0.25, -0.2) is 0 Å². The molecule has 2 aromatic rings. The molecule has 4 nitrogen and oxygen atoms in total. The Kier molecular flexibility index (Phi) is 6.86. The highest BCUT2D eigenvalue weighted by Gasteiger charge is 2.39. The van der Waals surface area contributed by atoms with E-state index in [1.165, 1.54) is 12.1 Å². The first-order chi connectivity index (χ1) is 15.8. The number of nitrogens with zero attached hydrogens (tertiary/aromatic N) is 2. The van der Waals surface area contributed by atoms with Crippen LogP contribution in [-0.2, 0) is 22.3 Å². The van der Waals surface area contributed by atoms with E-state index in [0.717, 1.165) is 24.5 Å². The first kappa shape index (κ1) is 23.1. The second-order valence-electron chi connectivity index (χ2n) is 8.70. The summed E-state index contributed by atoms with van der Waals surface area (Å²) < 4.78 is 40.2. The van der Waals surface area contributed by atoms with Gasteiger partial charge in [-0.05, 0) is 49.0 Å². The molecule has 1 saturated carbocycles. The van der Waals surface area contributed by atoms with E-state index in [4.69, 9.17) is 0 Å². The Morgan fingerprint density at radius 1 is 0.939 bits per heavy atom. The number of alkyl halides is 3. The van der Waals surface area contributed by atoms with Crippen molar-refractivity contribution in [2.24, 2.45) is 5.92 Å². The van der Waals surface area contributed by atoms with Gasteiger partial charge in [0.05, 0.1) is 5.56 Å². The van der Waals surface area contributed by atoms with Gasteiger partial charge >= 0.3 is 6.18 Å². The summed E-state index contributed by atoms with van der Waals surface area (Å²) in [5, 5.41) is 0. The molecule has 2 aliphatic rings. The van der Waals surface area contributed by atoms with Gasteiger partial charge in [0, 0.05) is 37.7 Å². The number of piperidine rings is 1. The Balaban J connectivity index is 1.37. The average Bonchev–Trinajstić information content (AvgIpc) is 3.66. The second kappa shape index (κ2) is 9.81. The third-order valence-corrected chi connectivity index (χ3v) is 6.31. The summed E-state index contributed by atoms with van der Waals surface area (Å²) in [5.41, 5.74) is 0.383. The quantitative estimate of drug-likeness (QED) is 0.564. The fourth-order valence-electron chi connectivity index (χ4n) is 4.31. The number of rotatable bonds is 6. The van der Waals surface area contributed by atoms with Crippen LogP contribution in [0.15, 0.2) is 60.7 Å². The van der Waals surface area contributed by atoms with Gasteiger partial charge in [0.2, 0.25) is 11.8 Å². The molecule has 1 aliphatic carbocycles. The molecule has 1 aliphatic heterocycles. The van der Waals surface area contributed by atoms with Gasteiger partial charge in [-0.3, -0.25) is 9.59 Å². The Morgan fingerprint density at radius 2 is 1.58 bits per heavy atom. The lowest BCUT2D eigenvalue weighted by atomic mass is 9.94. The number of hydrogen-bond acceptors (Lipinski definition) is 2. The summed E-state index contributed by atoms with van der Waals surface area (Å²) in [6, 6.07) is 15.0. The second-order valence-corrected chi connectivity index (χ2v) is 8.70. The molecular weight excluding hydrogens is 429 g/mol. The van der Waals surface area contributed by atoms with Crippen molar-refractivity contribution in [1.29, 1.82) is 0 Å². The van der Waals surface area contributed by atoms with Crippen LogP contribution in [0.1, 0.15) is 42.4 Å². The first-order valence-corrected chi connectivity index (χ1v) is 11.3. The summed E-state index contributed by atoms with van der Waals surface area (Å²) in [5.74, 6) is -0.463. The molecule has 0 N–H and O–H groups in total. The van der Waals surface area contributed by atoms with E-state index in [2.05, 4.69) is 0 Å². The van der Waals surface area contributed by atoms with Crippen molar-refractivity contribution in [3.05, 3.63) is 77.4 Å². The molecular formula is C26H27F3N2O2. The Hall–Kier alpha value is -3.09. The van der Waals surface area contributed by atoms with Crippen molar-refractivity contribution >= 4 is 17.9 Å². The van der Waals surface area contributed by atoms with E-state index in [-0.39, 0.29) is 35.9 Å². The van der Waals surface area contributed by atoms with Crippen molar-refractivity contribution in [3.63, 3.8) is 0 Å². The highest BCUT2D eigenvalue weighted by atomic mass is 19.4. The Bertz CT molecular complexity index is 1010. The summed E-state index contributed by atoms with van der Waals surface area (Å²) in [6.07, 6.45) is 1.55. The van der Waals surface area contributed by atoms with Crippen LogP contribution in [0, 0.1) is 5.92 Å². The molecule has 0 spiro atoms. The van der Waals surface area contributed by atoms with Crippen LogP contribution < -0.4 is 0 Å². The van der Waals surface area contributed by atoms with Crippen LogP contribution >= 0.6 is 0 Å². The van der Waals surface area contributed by atoms with Gasteiger partial charge in [0.15, 0.2) is 0 Å². The first-order valence-electron chi connectivity index (χ1n) is 11.3. The predicted molar refractivity (Wildman–Crippen MR) is 120 cm³/mol. The minimum atomic E-state index is -4.45. The summed E-state index contributed by atoms with van der Waals surface area (Å²) in [6.45, 7) is 0.899. The van der Waals surface area contributed by atoms with E-state index < -0.39 is 11.7 Å². The zero-order chi connectivity index (χ0) is 23.4. The molecule has 0 radical (unpaired) electrons. The normalized spacial score (nSPS) is 17.4. The Morgan fingerprint density at radius 3 is 2.21 bits per heavy atom. The van der Waals surface area contributed by atoms with E-state index in [9.17, 15) is 22.8 Å². The molecule has 4 rings (SSSR count). The summed E-state index contributed by atoms with van der Waals surface area (Å²) >= 11 is 0. The fraction of sp³-hybridized carbons (Fsp3) is 0.385. The monoisotopic (exact) mass is 456 g/mol. The zero-order valence-electron chi connectivity index (χ0n) is 18.3. The van der Waals surface area contributed by atoms with Gasteiger partial charge in [-0.2, -0.15) is 13.2 Å². The van der Waals surface area contributed by atoms with Gasteiger partial charge in [-0.1, -0.05) is 48.5 Å². The lowest BCUT2D eigenvalue weighted by molar-refractivity contribution is -0.142. The molecule has 2 amide bonds. The van der Waals surface area contributed by atoms with Crippen molar-refractivity contribution in [2.75, 3.05) is 13.1 Å². The van der Waals surface area contributed by atoms with E-state index in [1.807, 2.05) is 30.3 Å². The van der Waals surface area contributed by atoms with Crippen LogP contribution in [0.4, 0.5) is 13.2 Å². The zero-order valence-corrected chi connectivity index (χ0v) is 18.3. The molecule has 0 bridgehead atoms. The molecule has 33 heavy (non-hydrogen) atoms. The maximum Gasteiger partial charge on any atom is 0.416 e. The average molecular weight is 457 g/mol. The number of amides is 2. The lowest BCUT2D eigenvalue weighted by Gasteiger charge is -2.34. The van der Waals surface area contributed by atoms with Gasteiger partial charge in [0.1, 0.15) is 0 Å². The topological polar surface area (TPSA) is 40.6 Å². The van der Waals surface area contributed by atoms with Crippen LogP contribution in [0.25, 0.3) is 6.08 Å². The number of benzene rings is 2. The van der Waals surface area contributed by atoms with Gasteiger partial charge in [0.25, 0.3) is 0 Å². The number of likely N-dealkylation sites (tertiary alicyclic amines) is 1. The molecule has 0 atom stereocenters. The molecule has 2 aromatic carbocycles. The predicted octanol–water partition coefficient (Wildman–Crippen LogP) is 5.15. The molecule has 1 heterocycles. The lowest BCUT2D eigenvalue weighted by Crippen LogP contribution is -2.44. The molecule has 0 aromatic heterocycles. The standard InChI is InChI=1S/C26H27F3N2O2/c27-26(28,29)23-9-5-4-8-21(23)18-31(22-11-12-22)25(33)20-14-16-30(17-15-20)24(32)13-10-19-6-2-1-3-7-19/h1-10,13,20,22H,11-12,14-18H2. The minimum absolute atomic E-state index is 0.00672. The van der Waals surface area contributed by atoms with Crippen LogP contribution in [0.2, 0.25) is 0 Å². The molecule has 1 saturated heterocycles. The third kappa shape index (κ3) is 5.83. The van der Waals surface area contributed by atoms with Gasteiger partial charge < -0.3 is 9.80 Å². The van der Waals surface area contributed by atoms with Crippen molar-refractivity contribution < 1.29 is 22.8 Å². The van der Waals surface area contributed by atoms with Crippen molar-refractivity contribution in [1.82, 2.24) is 9.80 Å². The molecule has 174 valence electrons. The highest BCUT2D eigenvalue weighted by molar-refractivity contribution is 5.92. The number of halogens is 3. The van der Waals surface area contributed by atoms with E-state index in [0.29, 0.717) is 25.9 Å². The van der Waals surface area contributed by atoms with Crippen LogP contribution in [-0.4, -0.2) is 40.7 Å². The van der Waals surface area contributed by atoms with E-state index in [1.54, 1.807) is 28.0 Å². The third-order valence-electron chi connectivity index (χ3n) is 6.31. The van der Waals surface area contributed by atoms with Crippen molar-refractivity contribution in [3.8, 4) is 0 Å². The molecule has 2 fully saturated rings. The SMILES string of the molecule is O=C(C=Cc1ccccc1)N1CCC(C(=O)N(Cc2ccccc2C(F)(F)F)C2CC2)CC1. The maximum atomic E-state index is 13.4. The summed E-state index contributed by atoms with van der Waals surface area (Å²) in [7, 11) is 0. The van der Waals surface area contributed by atoms with E-state index >= 15 is 0 Å². The number of hydrogen-bond donors (Lipinski definition) is 0. The van der Waals surface area contributed by atoms with Gasteiger partial charge in [-0.15, -0.1) is 0 Å². The summed E-state index contributed by atoms with van der Waals surface area (Å²) in [4.78, 5) is 29.1. The Labute approximate surface area is 191 Å². The smallest absolute Gasteiger partial charge is 0.339 e. The molecule has 7 heteroatoms. The molecule has 0 unspecified atom stereocenters. The van der Waals surface area contributed by atoms with Crippen molar-refractivity contribution in [2.45, 2.75) is 44.4 Å².